The highest BCUT2D eigenvalue weighted by atomic mass is 79.9. The first-order valence-electron chi connectivity index (χ1n) is 6.94. The van der Waals surface area contributed by atoms with Crippen LogP contribution in [0.3, 0.4) is 0 Å². The van der Waals surface area contributed by atoms with E-state index >= 15 is 0 Å². The maximum atomic E-state index is 6.29. The topological polar surface area (TPSA) is 12.0 Å². The van der Waals surface area contributed by atoms with Gasteiger partial charge in [-0.2, -0.15) is 0 Å². The van der Waals surface area contributed by atoms with Crippen LogP contribution >= 0.6 is 39.1 Å². The fourth-order valence-corrected chi connectivity index (χ4v) is 2.99. The van der Waals surface area contributed by atoms with Crippen molar-refractivity contribution < 1.29 is 0 Å². The van der Waals surface area contributed by atoms with Gasteiger partial charge in [-0.15, -0.1) is 0 Å². The molecular formula is C17H18BrCl2N. The molecule has 0 fully saturated rings. The zero-order chi connectivity index (χ0) is 15.4. The minimum atomic E-state index is 0.220. The van der Waals surface area contributed by atoms with Crippen molar-refractivity contribution in [1.29, 1.82) is 0 Å². The van der Waals surface area contributed by atoms with E-state index in [2.05, 4.69) is 53.3 Å². The summed E-state index contributed by atoms with van der Waals surface area (Å²) >= 11 is 15.9. The maximum Gasteiger partial charge on any atom is 0.0439 e. The second-order valence-electron chi connectivity index (χ2n) is 5.06. The highest BCUT2D eigenvalue weighted by Crippen LogP contribution is 2.28. The van der Waals surface area contributed by atoms with Gasteiger partial charge in [-0.3, -0.25) is 0 Å². The minimum absolute atomic E-state index is 0.220. The molecule has 0 spiro atoms. The number of benzene rings is 2. The second kappa shape index (κ2) is 7.64. The molecule has 0 aliphatic heterocycles. The molecule has 0 radical (unpaired) electrons. The van der Waals surface area contributed by atoms with Gasteiger partial charge in [0.2, 0.25) is 0 Å². The Hall–Kier alpha value is -0.540. The molecule has 0 saturated heterocycles. The Bertz CT molecular complexity index is 628. The summed E-state index contributed by atoms with van der Waals surface area (Å²) in [7, 11) is 0. The number of rotatable bonds is 5. The first-order chi connectivity index (χ1) is 10.0. The van der Waals surface area contributed by atoms with Crippen LogP contribution < -0.4 is 5.32 Å². The van der Waals surface area contributed by atoms with E-state index in [1.165, 1.54) is 11.1 Å². The van der Waals surface area contributed by atoms with Gasteiger partial charge in [0.05, 0.1) is 0 Å². The summed E-state index contributed by atoms with van der Waals surface area (Å²) in [6.07, 6.45) is 0.814. The van der Waals surface area contributed by atoms with Crippen molar-refractivity contribution in [3.05, 3.63) is 67.6 Å². The van der Waals surface area contributed by atoms with Crippen LogP contribution in [0.5, 0.6) is 0 Å². The van der Waals surface area contributed by atoms with E-state index in [4.69, 9.17) is 23.2 Å². The Balaban J connectivity index is 2.30. The van der Waals surface area contributed by atoms with E-state index in [-0.39, 0.29) is 6.04 Å². The average Bonchev–Trinajstić information content (AvgIpc) is 2.45. The van der Waals surface area contributed by atoms with Gasteiger partial charge in [0.15, 0.2) is 0 Å². The van der Waals surface area contributed by atoms with E-state index in [0.29, 0.717) is 0 Å². The largest absolute Gasteiger partial charge is 0.310 e. The van der Waals surface area contributed by atoms with Gasteiger partial charge in [0.25, 0.3) is 0 Å². The lowest BCUT2D eigenvalue weighted by Gasteiger charge is -2.20. The fourth-order valence-electron chi connectivity index (χ4n) is 2.36. The molecule has 1 unspecified atom stereocenters. The predicted molar refractivity (Wildman–Crippen MR) is 95.5 cm³/mol. The van der Waals surface area contributed by atoms with Crippen LogP contribution in [0.4, 0.5) is 0 Å². The van der Waals surface area contributed by atoms with Crippen LogP contribution in [0.1, 0.15) is 29.7 Å². The molecule has 2 aromatic rings. The van der Waals surface area contributed by atoms with Gasteiger partial charge in [0.1, 0.15) is 0 Å². The molecule has 0 heterocycles. The zero-order valence-electron chi connectivity index (χ0n) is 12.1. The van der Waals surface area contributed by atoms with Crippen LogP contribution in [0.2, 0.25) is 10.0 Å². The van der Waals surface area contributed by atoms with Gasteiger partial charge in [-0.25, -0.2) is 0 Å². The number of hydrogen-bond acceptors (Lipinski definition) is 1. The van der Waals surface area contributed by atoms with Gasteiger partial charge in [-0.1, -0.05) is 58.2 Å². The van der Waals surface area contributed by atoms with Crippen LogP contribution in [-0.2, 0) is 6.42 Å². The Morgan fingerprint density at radius 1 is 1.14 bits per heavy atom. The molecule has 0 saturated carbocycles. The monoisotopic (exact) mass is 385 g/mol. The van der Waals surface area contributed by atoms with E-state index < -0.39 is 0 Å². The number of halogens is 3. The zero-order valence-corrected chi connectivity index (χ0v) is 15.2. The molecule has 4 heteroatoms. The van der Waals surface area contributed by atoms with Gasteiger partial charge < -0.3 is 5.32 Å². The molecule has 1 nitrogen and oxygen atoms in total. The van der Waals surface area contributed by atoms with Crippen LogP contribution in [0.15, 0.2) is 40.9 Å². The number of hydrogen-bond donors (Lipinski definition) is 1. The summed E-state index contributed by atoms with van der Waals surface area (Å²) in [6, 6.07) is 12.3. The Labute approximate surface area is 144 Å². The van der Waals surface area contributed by atoms with Gasteiger partial charge in [-0.05, 0) is 60.8 Å². The lowest BCUT2D eigenvalue weighted by atomic mass is 9.97. The molecule has 0 amide bonds. The summed E-state index contributed by atoms with van der Waals surface area (Å²) in [5, 5.41) is 5.00. The third-order valence-corrected chi connectivity index (χ3v) is 4.96. The van der Waals surface area contributed by atoms with Crippen LogP contribution in [0.25, 0.3) is 0 Å². The Morgan fingerprint density at radius 3 is 2.57 bits per heavy atom. The molecule has 2 rings (SSSR count). The summed E-state index contributed by atoms with van der Waals surface area (Å²) in [4.78, 5) is 0. The van der Waals surface area contributed by atoms with Crippen LogP contribution in [0, 0.1) is 6.92 Å². The van der Waals surface area contributed by atoms with E-state index in [0.717, 1.165) is 33.0 Å². The molecule has 2 aromatic carbocycles. The molecule has 1 N–H and O–H groups in total. The third kappa shape index (κ3) is 4.46. The predicted octanol–water partition coefficient (Wildman–Crippen LogP) is 5.96. The Morgan fingerprint density at radius 2 is 1.90 bits per heavy atom. The first kappa shape index (κ1) is 16.8. The summed E-state index contributed by atoms with van der Waals surface area (Å²) in [5.74, 6) is 0. The fraction of sp³-hybridized carbons (Fsp3) is 0.294. The van der Waals surface area contributed by atoms with Crippen molar-refractivity contribution in [2.45, 2.75) is 26.3 Å². The number of nitrogens with one attached hydrogen (secondary N) is 1. The highest BCUT2D eigenvalue weighted by molar-refractivity contribution is 9.10. The van der Waals surface area contributed by atoms with E-state index in [9.17, 15) is 0 Å². The molecule has 21 heavy (non-hydrogen) atoms. The molecule has 112 valence electrons. The number of likely N-dealkylation sites (N-methyl/N-ethyl adjacent to an activating group) is 1. The molecule has 0 bridgehead atoms. The Kier molecular flexibility index (Phi) is 6.12. The smallest absolute Gasteiger partial charge is 0.0439 e. The standard InChI is InChI=1S/C17H18BrCl2N/c1-3-21-17(12-4-6-15(18)11(2)8-12)10-13-9-14(19)5-7-16(13)20/h4-9,17,21H,3,10H2,1-2H3. The summed E-state index contributed by atoms with van der Waals surface area (Å²) in [5.41, 5.74) is 3.55. The van der Waals surface area contributed by atoms with Crippen molar-refractivity contribution in [2.24, 2.45) is 0 Å². The summed E-state index contributed by atoms with van der Waals surface area (Å²) < 4.78 is 1.13. The van der Waals surface area contributed by atoms with Crippen molar-refractivity contribution in [3.63, 3.8) is 0 Å². The van der Waals surface area contributed by atoms with Gasteiger partial charge in [0, 0.05) is 20.6 Å². The summed E-state index contributed by atoms with van der Waals surface area (Å²) in [6.45, 7) is 5.11. The molecule has 1 atom stereocenters. The second-order valence-corrected chi connectivity index (χ2v) is 6.76. The highest BCUT2D eigenvalue weighted by Gasteiger charge is 2.14. The molecule has 0 aromatic heterocycles. The van der Waals surface area contributed by atoms with E-state index in [1.54, 1.807) is 0 Å². The molecular weight excluding hydrogens is 369 g/mol. The van der Waals surface area contributed by atoms with Crippen molar-refractivity contribution >= 4 is 39.1 Å². The lowest BCUT2D eigenvalue weighted by molar-refractivity contribution is 0.549. The molecule has 0 aliphatic carbocycles. The minimum Gasteiger partial charge on any atom is -0.310 e. The lowest BCUT2D eigenvalue weighted by Crippen LogP contribution is -2.23. The van der Waals surface area contributed by atoms with E-state index in [1.807, 2.05) is 18.2 Å². The number of aryl methyl sites for hydroxylation is 1. The third-order valence-electron chi connectivity index (χ3n) is 3.47. The van der Waals surface area contributed by atoms with Crippen molar-refractivity contribution in [1.82, 2.24) is 5.32 Å². The maximum absolute atomic E-state index is 6.29. The van der Waals surface area contributed by atoms with Crippen LogP contribution in [-0.4, -0.2) is 6.54 Å². The van der Waals surface area contributed by atoms with Crippen molar-refractivity contribution in [2.75, 3.05) is 6.54 Å². The van der Waals surface area contributed by atoms with Crippen molar-refractivity contribution in [3.8, 4) is 0 Å². The molecule has 0 aliphatic rings. The SMILES string of the molecule is CCNC(Cc1cc(Cl)ccc1Cl)c1ccc(Br)c(C)c1. The first-order valence-corrected chi connectivity index (χ1v) is 8.49. The average molecular weight is 387 g/mol. The van der Waals surface area contributed by atoms with Gasteiger partial charge >= 0.3 is 0 Å². The normalized spacial score (nSPS) is 12.4. The quantitative estimate of drug-likeness (QED) is 0.668.